The Morgan fingerprint density at radius 3 is 1.08 bits per heavy atom. The molecular formula is C9H24Si3. The molecule has 0 saturated carbocycles. The normalized spacial score (nSPS) is 60.0. The SMILES string of the molecule is [2H]C([2H])([2H])[Si]1(C([2H])([2H])[2H])C[Si](C([2H])([2H])[2H])(C([2H])([2H])[2H])C[Si](C([2H])([2H])[2H])(C([2H])([2H])[2H])C1. The van der Waals surface area contributed by atoms with Crippen LogP contribution in [0.15, 0.2) is 0 Å². The van der Waals surface area contributed by atoms with Gasteiger partial charge in [-0.2, -0.15) is 0 Å². The third-order valence-electron chi connectivity index (χ3n) is 1.81. The molecule has 0 aromatic rings. The summed E-state index contributed by atoms with van der Waals surface area (Å²) >= 11 is 0. The minimum absolute atomic E-state index is 1.12. The molecule has 0 aliphatic carbocycles. The van der Waals surface area contributed by atoms with Gasteiger partial charge in [-0.15, -0.1) is 0 Å². The highest BCUT2D eigenvalue weighted by Gasteiger charge is 2.45. The van der Waals surface area contributed by atoms with Crippen molar-refractivity contribution < 1.29 is 24.7 Å². The summed E-state index contributed by atoms with van der Waals surface area (Å²) in [7, 11) is -15.3. The molecule has 0 radical (unpaired) electrons. The van der Waals surface area contributed by atoms with Crippen LogP contribution in [0, 0.1) is 0 Å². The Morgan fingerprint density at radius 1 is 0.667 bits per heavy atom. The van der Waals surface area contributed by atoms with Crippen molar-refractivity contribution >= 4 is 24.2 Å². The molecule has 3 heteroatoms. The zero-order chi connectivity index (χ0) is 24.6. The fourth-order valence-corrected chi connectivity index (χ4v) is 19.0. The van der Waals surface area contributed by atoms with Crippen molar-refractivity contribution in [2.75, 3.05) is 0 Å². The van der Waals surface area contributed by atoms with Crippen LogP contribution in [0.25, 0.3) is 0 Å². The van der Waals surface area contributed by atoms with E-state index in [0.717, 1.165) is 0 Å². The average molecular weight is 235 g/mol. The molecule has 0 amide bonds. The summed E-state index contributed by atoms with van der Waals surface area (Å²) < 4.78 is 143. The highest BCUT2D eigenvalue weighted by Crippen LogP contribution is 2.39. The molecule has 0 aromatic heterocycles. The van der Waals surface area contributed by atoms with Crippen molar-refractivity contribution in [2.45, 2.75) is 55.9 Å². The molecule has 1 rings (SSSR count). The van der Waals surface area contributed by atoms with Gasteiger partial charge in [-0.3, -0.25) is 0 Å². The van der Waals surface area contributed by atoms with E-state index in [9.17, 15) is 0 Å². The summed E-state index contributed by atoms with van der Waals surface area (Å²) in [5.41, 5.74) is -3.37. The highest BCUT2D eigenvalue weighted by molar-refractivity contribution is 7.12. The van der Waals surface area contributed by atoms with Crippen molar-refractivity contribution in [3.63, 3.8) is 0 Å². The van der Waals surface area contributed by atoms with Crippen LogP contribution in [-0.2, 0) is 0 Å². The minimum atomic E-state index is -5.11. The third-order valence-corrected chi connectivity index (χ3v) is 16.3. The maximum absolute atomic E-state index is 7.95. The molecule has 72 valence electrons. The second-order valence-electron chi connectivity index (χ2n) is 3.78. The van der Waals surface area contributed by atoms with E-state index in [1.165, 1.54) is 0 Å². The van der Waals surface area contributed by atoms with E-state index in [-0.39, 0.29) is 0 Å². The van der Waals surface area contributed by atoms with Crippen molar-refractivity contribution in [3.05, 3.63) is 0 Å². The van der Waals surface area contributed by atoms with Gasteiger partial charge in [0.2, 0.25) is 0 Å². The maximum Gasteiger partial charge on any atom is 0.0421 e. The molecular weight excluding hydrogens is 192 g/mol. The van der Waals surface area contributed by atoms with E-state index < -0.39 is 80.1 Å². The molecule has 0 N–H and O–H groups in total. The lowest BCUT2D eigenvalue weighted by Gasteiger charge is -2.46. The van der Waals surface area contributed by atoms with E-state index >= 15 is 0 Å². The van der Waals surface area contributed by atoms with E-state index in [1.807, 2.05) is 0 Å². The summed E-state index contributed by atoms with van der Waals surface area (Å²) in [6.07, 6.45) is 0. The largest absolute Gasteiger partial charge is 0.0698 e. The monoisotopic (exact) mass is 234 g/mol. The lowest BCUT2D eigenvalue weighted by atomic mass is 11.7. The lowest BCUT2D eigenvalue weighted by Crippen LogP contribution is -2.55. The smallest absolute Gasteiger partial charge is 0.0421 e. The molecule has 0 unspecified atom stereocenters. The van der Waals surface area contributed by atoms with Crippen LogP contribution < -0.4 is 0 Å². The number of hydrogen-bond donors (Lipinski definition) is 0. The van der Waals surface area contributed by atoms with Gasteiger partial charge in [0.05, 0.1) is 0 Å². The first-order valence-electron chi connectivity index (χ1n) is 12.6. The lowest BCUT2D eigenvalue weighted by molar-refractivity contribution is 1.34. The zero-order valence-electron chi connectivity index (χ0n) is 24.6. The van der Waals surface area contributed by atoms with Gasteiger partial charge in [-0.25, -0.2) is 0 Å². The molecule has 1 fully saturated rings. The molecule has 1 aliphatic rings. The summed E-state index contributed by atoms with van der Waals surface area (Å²) in [5, 5.41) is 0. The molecule has 12 heavy (non-hydrogen) atoms. The van der Waals surface area contributed by atoms with Crippen LogP contribution in [0.3, 0.4) is 0 Å². The van der Waals surface area contributed by atoms with Gasteiger partial charge >= 0.3 is 0 Å². The van der Waals surface area contributed by atoms with Gasteiger partial charge in [0.25, 0.3) is 0 Å². The quantitative estimate of drug-likeness (QED) is 0.560. The molecule has 1 saturated heterocycles. The molecule has 0 aromatic carbocycles. The third kappa shape index (κ3) is 2.85. The molecule has 0 nitrogen and oxygen atoms in total. The van der Waals surface area contributed by atoms with Gasteiger partial charge in [-0.05, 0) is 0 Å². The molecule has 0 spiro atoms. The summed E-state index contributed by atoms with van der Waals surface area (Å²) in [5.74, 6) is 0. The van der Waals surface area contributed by atoms with Gasteiger partial charge in [0.15, 0.2) is 0 Å². The van der Waals surface area contributed by atoms with Crippen molar-refractivity contribution in [1.29, 1.82) is 0 Å². The zero-order valence-corrected chi connectivity index (χ0v) is 9.62. The Hall–Kier alpha value is 0.651. The van der Waals surface area contributed by atoms with Crippen LogP contribution in [0.5, 0.6) is 0 Å². The van der Waals surface area contributed by atoms with Crippen molar-refractivity contribution in [1.82, 2.24) is 0 Å². The number of hydrogen-bond acceptors (Lipinski definition) is 0. The fraction of sp³-hybridized carbons (Fsp3) is 1.00. The molecule has 0 bridgehead atoms. The van der Waals surface area contributed by atoms with Crippen LogP contribution in [0.2, 0.25) is 55.9 Å². The Balaban J connectivity index is 4.28. The van der Waals surface area contributed by atoms with Crippen molar-refractivity contribution in [3.8, 4) is 0 Å². The van der Waals surface area contributed by atoms with E-state index in [2.05, 4.69) is 0 Å². The Morgan fingerprint density at radius 2 is 0.917 bits per heavy atom. The van der Waals surface area contributed by atoms with Gasteiger partial charge in [-0.1, -0.05) is 55.9 Å². The summed E-state index contributed by atoms with van der Waals surface area (Å²) in [4.78, 5) is 0. The second kappa shape index (κ2) is 2.82. The standard InChI is InChI=1S/C9H24Si3/c1-10(2)7-11(3,4)9-12(5,6)8-10/h7-9H2,1-6H3/i1D3,2D3,3D3,4D3,5D3,6D3. The van der Waals surface area contributed by atoms with E-state index in [1.54, 1.807) is 0 Å². The van der Waals surface area contributed by atoms with E-state index in [4.69, 9.17) is 24.7 Å². The highest BCUT2D eigenvalue weighted by atomic mass is 28.5. The van der Waals surface area contributed by atoms with Crippen LogP contribution >= 0.6 is 0 Å². The van der Waals surface area contributed by atoms with Gasteiger partial charge < -0.3 is 0 Å². The predicted octanol–water partition coefficient (Wildman–Crippen LogP) is 3.74. The van der Waals surface area contributed by atoms with Gasteiger partial charge in [0, 0.05) is 48.9 Å². The van der Waals surface area contributed by atoms with Crippen LogP contribution in [0.4, 0.5) is 0 Å². The molecule has 1 aliphatic heterocycles. The number of rotatable bonds is 0. The maximum atomic E-state index is 7.95. The Bertz CT molecular complexity index is 496. The predicted molar refractivity (Wildman–Crippen MR) is 66.9 cm³/mol. The summed E-state index contributed by atoms with van der Waals surface area (Å²) in [6, 6.07) is 0. The van der Waals surface area contributed by atoms with Crippen LogP contribution in [0.1, 0.15) is 24.7 Å². The average Bonchev–Trinajstić information content (AvgIpc) is 2.39. The van der Waals surface area contributed by atoms with Crippen molar-refractivity contribution in [2.24, 2.45) is 0 Å². The van der Waals surface area contributed by atoms with E-state index in [0.29, 0.717) is 0 Å². The Kier molecular flexibility index (Phi) is 0.429. The second-order valence-corrected chi connectivity index (χ2v) is 14.5. The topological polar surface area (TPSA) is 0 Å². The molecule has 1 heterocycles. The summed E-state index contributed by atoms with van der Waals surface area (Å²) in [6.45, 7) is -20.2. The van der Waals surface area contributed by atoms with Gasteiger partial charge in [0.1, 0.15) is 0 Å². The first-order valence-corrected chi connectivity index (χ1v) is 10.9. The fourth-order valence-electron chi connectivity index (χ4n) is 1.73. The first-order chi connectivity index (χ1) is 12.6. The van der Waals surface area contributed by atoms with Crippen LogP contribution in [-0.4, -0.2) is 24.2 Å². The minimum Gasteiger partial charge on any atom is -0.0698 e. The Labute approximate surface area is 106 Å². The first kappa shape index (κ1) is 1.83. The molecule has 0 atom stereocenters.